The molecule has 0 saturated heterocycles. The quantitative estimate of drug-likeness (QED) is 0.362. The van der Waals surface area contributed by atoms with Crippen molar-refractivity contribution in [3.05, 3.63) is 88.7 Å². The topological polar surface area (TPSA) is 102 Å². The minimum Gasteiger partial charge on any atom is -0.360 e. The number of imidazole rings is 2. The summed E-state index contributed by atoms with van der Waals surface area (Å²) in [5.74, 6) is 0.743. The van der Waals surface area contributed by atoms with E-state index in [9.17, 15) is 10.1 Å². The maximum Gasteiger partial charge on any atom is 0.328 e. The van der Waals surface area contributed by atoms with E-state index in [1.165, 1.54) is 5.56 Å². The fourth-order valence-electron chi connectivity index (χ4n) is 5.52. The van der Waals surface area contributed by atoms with Crippen LogP contribution in [0.3, 0.4) is 0 Å². The third-order valence-electron chi connectivity index (χ3n) is 7.52. The summed E-state index contributed by atoms with van der Waals surface area (Å²) in [4.78, 5) is 21.2. The maximum absolute atomic E-state index is 12.6. The summed E-state index contributed by atoms with van der Waals surface area (Å²) in [5, 5.41) is 15.5. The molecule has 0 aliphatic rings. The van der Waals surface area contributed by atoms with Crippen LogP contribution in [-0.2, 0) is 21.1 Å². The lowest BCUT2D eigenvalue weighted by Crippen LogP contribution is -2.19. The fraction of sp³-hybridized carbons (Fsp3) is 0.133. The number of aromatic nitrogens is 7. The van der Waals surface area contributed by atoms with Crippen LogP contribution in [0.1, 0.15) is 11.1 Å². The summed E-state index contributed by atoms with van der Waals surface area (Å²) >= 11 is 0. The number of rotatable bonds is 3. The zero-order chi connectivity index (χ0) is 27.0. The first-order valence-electron chi connectivity index (χ1n) is 12.5. The fourth-order valence-corrected chi connectivity index (χ4v) is 5.52. The minimum atomic E-state index is -0.0854. The molecule has 0 atom stereocenters. The molecule has 0 radical (unpaired) electrons. The van der Waals surface area contributed by atoms with E-state index < -0.39 is 0 Å². The van der Waals surface area contributed by atoms with E-state index >= 15 is 0 Å². The smallest absolute Gasteiger partial charge is 0.328 e. The molecule has 0 unspecified atom stereocenters. The van der Waals surface area contributed by atoms with Crippen molar-refractivity contribution in [2.45, 2.75) is 6.92 Å². The van der Waals surface area contributed by atoms with Gasteiger partial charge in [-0.2, -0.15) is 10.4 Å². The van der Waals surface area contributed by atoms with Crippen LogP contribution in [0, 0.1) is 18.3 Å². The van der Waals surface area contributed by atoms with Gasteiger partial charge in [0.2, 0.25) is 0 Å². The van der Waals surface area contributed by atoms with E-state index in [0.29, 0.717) is 5.56 Å². The molecule has 0 fully saturated rings. The van der Waals surface area contributed by atoms with Gasteiger partial charge in [0.15, 0.2) is 0 Å². The summed E-state index contributed by atoms with van der Waals surface area (Å²) in [7, 11) is 5.40. The molecule has 39 heavy (non-hydrogen) atoms. The van der Waals surface area contributed by atoms with Crippen LogP contribution in [0.25, 0.3) is 61.2 Å². The molecule has 0 amide bonds. The monoisotopic (exact) mass is 512 g/mol. The Bertz CT molecular complexity index is 2210. The highest BCUT2D eigenvalue weighted by molar-refractivity contribution is 5.98. The number of nitrogens with zero attached hydrogens (tertiary/aromatic N) is 7. The molecule has 0 aliphatic heterocycles. The van der Waals surface area contributed by atoms with Gasteiger partial charge in [-0.25, -0.2) is 9.78 Å². The van der Waals surface area contributed by atoms with Crippen LogP contribution in [0.5, 0.6) is 0 Å². The van der Waals surface area contributed by atoms with E-state index in [1.54, 1.807) is 34.1 Å². The number of hydrogen-bond acceptors (Lipinski definition) is 4. The van der Waals surface area contributed by atoms with Gasteiger partial charge in [0.25, 0.3) is 0 Å². The Morgan fingerprint density at radius 1 is 0.923 bits per heavy atom. The van der Waals surface area contributed by atoms with Gasteiger partial charge < -0.3 is 4.98 Å². The van der Waals surface area contributed by atoms with Crippen molar-refractivity contribution in [2.75, 3.05) is 0 Å². The first-order chi connectivity index (χ1) is 18.8. The van der Waals surface area contributed by atoms with Crippen LogP contribution in [-0.4, -0.2) is 33.4 Å². The summed E-state index contributed by atoms with van der Waals surface area (Å²) < 4.78 is 7.08. The second kappa shape index (κ2) is 8.07. The molecule has 4 heterocycles. The predicted molar refractivity (Wildman–Crippen MR) is 152 cm³/mol. The molecule has 7 rings (SSSR count). The predicted octanol–water partition coefficient (Wildman–Crippen LogP) is 4.94. The highest BCUT2D eigenvalue weighted by Gasteiger charge is 2.21. The standard InChI is InChI=1S/C30H24N8O/c1-17-5-7-21-23(15-32-24(21)9-17)29-34-25-12-22(19-14-33-35(2)16-19)18(13-31)10-27(25)38(29)20-6-8-26-28(11-20)37(4)30(39)36(26)3/h5-12,14-16,32H,1-4H3. The Labute approximate surface area is 222 Å². The molecule has 190 valence electrons. The Morgan fingerprint density at radius 3 is 2.51 bits per heavy atom. The van der Waals surface area contributed by atoms with E-state index in [0.717, 1.165) is 61.2 Å². The molecule has 4 aromatic heterocycles. The second-order valence-electron chi connectivity index (χ2n) is 10.00. The second-order valence-corrected chi connectivity index (χ2v) is 10.00. The van der Waals surface area contributed by atoms with Crippen molar-refractivity contribution >= 4 is 33.0 Å². The van der Waals surface area contributed by atoms with Gasteiger partial charge >= 0.3 is 5.69 Å². The van der Waals surface area contributed by atoms with Crippen molar-refractivity contribution in [1.82, 2.24) is 33.4 Å². The van der Waals surface area contributed by atoms with Crippen molar-refractivity contribution < 1.29 is 0 Å². The summed E-state index contributed by atoms with van der Waals surface area (Å²) in [6.45, 7) is 2.07. The third kappa shape index (κ3) is 3.28. The molecule has 7 aromatic rings. The van der Waals surface area contributed by atoms with Crippen LogP contribution < -0.4 is 5.69 Å². The number of aryl methyl sites for hydroxylation is 4. The van der Waals surface area contributed by atoms with Crippen LogP contribution in [0.15, 0.2) is 71.9 Å². The van der Waals surface area contributed by atoms with Crippen LogP contribution >= 0.6 is 0 Å². The first kappa shape index (κ1) is 22.8. The Balaban J connectivity index is 1.58. The zero-order valence-corrected chi connectivity index (χ0v) is 21.9. The third-order valence-corrected chi connectivity index (χ3v) is 7.52. The van der Waals surface area contributed by atoms with Crippen LogP contribution in [0.2, 0.25) is 0 Å². The molecule has 0 saturated carbocycles. The average molecular weight is 513 g/mol. The molecule has 0 aliphatic carbocycles. The maximum atomic E-state index is 12.6. The van der Waals surface area contributed by atoms with Gasteiger partial charge in [0.1, 0.15) is 5.82 Å². The summed E-state index contributed by atoms with van der Waals surface area (Å²) in [6, 6.07) is 18.5. The van der Waals surface area contributed by atoms with Gasteiger partial charge in [-0.05, 0) is 48.9 Å². The molecule has 9 heteroatoms. The molecule has 1 N–H and O–H groups in total. The lowest BCUT2D eigenvalue weighted by molar-refractivity contribution is 0.768. The van der Waals surface area contributed by atoms with Gasteiger partial charge in [0, 0.05) is 66.8 Å². The van der Waals surface area contributed by atoms with Gasteiger partial charge in [0.05, 0.1) is 39.9 Å². The lowest BCUT2D eigenvalue weighted by atomic mass is 10.0. The Kier molecular flexibility index (Phi) is 4.72. The van der Waals surface area contributed by atoms with Gasteiger partial charge in [-0.15, -0.1) is 0 Å². The number of aromatic amines is 1. The molecular formula is C30H24N8O. The minimum absolute atomic E-state index is 0.0854. The van der Waals surface area contributed by atoms with Crippen molar-refractivity contribution in [3.63, 3.8) is 0 Å². The molecule has 9 nitrogen and oxygen atoms in total. The van der Waals surface area contributed by atoms with E-state index in [-0.39, 0.29) is 5.69 Å². The van der Waals surface area contributed by atoms with Crippen LogP contribution in [0.4, 0.5) is 0 Å². The molecule has 3 aromatic carbocycles. The van der Waals surface area contributed by atoms with E-state index in [1.807, 2.05) is 49.8 Å². The number of H-pyrrole nitrogens is 1. The summed E-state index contributed by atoms with van der Waals surface area (Å²) in [6.07, 6.45) is 5.63. The highest BCUT2D eigenvalue weighted by Crippen LogP contribution is 2.36. The molecule has 0 spiro atoms. The van der Waals surface area contributed by atoms with Gasteiger partial charge in [-0.3, -0.25) is 18.4 Å². The van der Waals surface area contributed by atoms with Crippen molar-refractivity contribution in [2.24, 2.45) is 21.1 Å². The number of benzene rings is 3. The normalized spacial score (nSPS) is 11.7. The largest absolute Gasteiger partial charge is 0.360 e. The van der Waals surface area contributed by atoms with E-state index in [4.69, 9.17) is 4.98 Å². The van der Waals surface area contributed by atoms with Gasteiger partial charge in [-0.1, -0.05) is 12.1 Å². The lowest BCUT2D eigenvalue weighted by Gasteiger charge is -2.11. The average Bonchev–Trinajstić information content (AvgIpc) is 3.69. The SMILES string of the molecule is Cc1ccc2c(-c3nc4cc(-c5cnn(C)c5)c(C#N)cc4n3-c3ccc4c(c3)n(C)c(=O)n4C)c[nH]c2c1. The van der Waals surface area contributed by atoms with Crippen molar-refractivity contribution in [3.8, 4) is 34.3 Å². The Morgan fingerprint density at radius 2 is 1.74 bits per heavy atom. The number of nitrogens with one attached hydrogen (secondary N) is 1. The number of nitriles is 1. The molecular weight excluding hydrogens is 488 g/mol. The molecule has 0 bridgehead atoms. The van der Waals surface area contributed by atoms with E-state index in [2.05, 4.69) is 45.8 Å². The number of hydrogen-bond donors (Lipinski definition) is 1. The number of fused-ring (bicyclic) bond motifs is 3. The zero-order valence-electron chi connectivity index (χ0n) is 21.9. The summed E-state index contributed by atoms with van der Waals surface area (Å²) in [5.41, 5.74) is 9.29. The highest BCUT2D eigenvalue weighted by atomic mass is 16.1. The first-order valence-corrected chi connectivity index (χ1v) is 12.5. The Hall–Kier alpha value is -5.36. The van der Waals surface area contributed by atoms with Crippen molar-refractivity contribution in [1.29, 1.82) is 5.26 Å².